The third-order valence-corrected chi connectivity index (χ3v) is 1.55. The van der Waals surface area contributed by atoms with Gasteiger partial charge in [0.25, 0.3) is 0 Å². The quantitative estimate of drug-likeness (QED) is 0.770. The van der Waals surface area contributed by atoms with E-state index in [1.807, 2.05) is 19.1 Å². The van der Waals surface area contributed by atoms with Crippen molar-refractivity contribution in [2.45, 2.75) is 13.3 Å². The minimum absolute atomic E-state index is 0.221. The first-order valence-electron chi connectivity index (χ1n) is 4.09. The first-order valence-corrected chi connectivity index (χ1v) is 4.09. The van der Waals surface area contributed by atoms with Crippen LogP contribution in [0.3, 0.4) is 0 Å². The van der Waals surface area contributed by atoms with Gasteiger partial charge in [-0.3, -0.25) is 4.98 Å². The van der Waals surface area contributed by atoms with Crippen LogP contribution in [0.1, 0.15) is 29.3 Å². The highest BCUT2D eigenvalue weighted by Crippen LogP contribution is 2.05. The average molecular weight is 177 g/mol. The van der Waals surface area contributed by atoms with Gasteiger partial charge in [0.05, 0.1) is 5.56 Å². The second kappa shape index (κ2) is 4.40. The van der Waals surface area contributed by atoms with Crippen LogP contribution in [0, 0.1) is 0 Å². The van der Waals surface area contributed by atoms with Gasteiger partial charge < -0.3 is 5.11 Å². The second-order valence-corrected chi connectivity index (χ2v) is 2.62. The summed E-state index contributed by atoms with van der Waals surface area (Å²) in [5, 5.41) is 8.67. The highest BCUT2D eigenvalue weighted by Gasteiger charge is 2.01. The predicted octanol–water partition coefficient (Wildman–Crippen LogP) is 2.20. The van der Waals surface area contributed by atoms with Crippen molar-refractivity contribution in [3.8, 4) is 0 Å². The van der Waals surface area contributed by atoms with Gasteiger partial charge in [0.15, 0.2) is 0 Å². The van der Waals surface area contributed by atoms with Gasteiger partial charge >= 0.3 is 5.97 Å². The smallest absolute Gasteiger partial charge is 0.337 e. The largest absolute Gasteiger partial charge is 0.478 e. The summed E-state index contributed by atoms with van der Waals surface area (Å²) >= 11 is 0. The highest BCUT2D eigenvalue weighted by atomic mass is 16.4. The Hall–Kier alpha value is -1.64. The molecule has 1 aromatic rings. The summed E-state index contributed by atoms with van der Waals surface area (Å²) in [7, 11) is 0. The van der Waals surface area contributed by atoms with Crippen molar-refractivity contribution >= 4 is 12.0 Å². The van der Waals surface area contributed by atoms with E-state index in [9.17, 15) is 4.79 Å². The second-order valence-electron chi connectivity index (χ2n) is 2.62. The maximum absolute atomic E-state index is 10.6. The molecule has 0 atom stereocenters. The van der Waals surface area contributed by atoms with Crippen molar-refractivity contribution in [3.63, 3.8) is 0 Å². The molecule has 0 aliphatic heterocycles. The Morgan fingerprint density at radius 3 is 3.00 bits per heavy atom. The molecule has 3 heteroatoms. The molecule has 0 aliphatic rings. The van der Waals surface area contributed by atoms with Crippen LogP contribution in [0.15, 0.2) is 24.5 Å². The van der Waals surface area contributed by atoms with Gasteiger partial charge in [-0.25, -0.2) is 4.79 Å². The summed E-state index contributed by atoms with van der Waals surface area (Å²) in [5.74, 6) is -0.945. The highest BCUT2D eigenvalue weighted by molar-refractivity contribution is 5.87. The lowest BCUT2D eigenvalue weighted by Crippen LogP contribution is -1.96. The molecular weight excluding hydrogens is 166 g/mol. The normalized spacial score (nSPS) is 10.5. The molecule has 0 fully saturated rings. The number of allylic oxidation sites excluding steroid dienone is 1. The Bertz CT molecular complexity index is 331. The van der Waals surface area contributed by atoms with Crippen LogP contribution in [0.25, 0.3) is 6.08 Å². The van der Waals surface area contributed by atoms with E-state index in [1.165, 1.54) is 6.20 Å². The summed E-state index contributed by atoms with van der Waals surface area (Å²) < 4.78 is 0. The standard InChI is InChI=1S/C10H11NO2/c1-2-3-4-8-5-9(10(12)13)7-11-6-8/h3-7H,2H2,1H3,(H,12,13). The molecule has 68 valence electrons. The van der Waals surface area contributed by atoms with Gasteiger partial charge in [-0.05, 0) is 18.1 Å². The van der Waals surface area contributed by atoms with E-state index in [4.69, 9.17) is 5.11 Å². The Labute approximate surface area is 76.7 Å². The fourth-order valence-corrected chi connectivity index (χ4v) is 0.920. The molecule has 0 radical (unpaired) electrons. The summed E-state index contributed by atoms with van der Waals surface area (Å²) in [6, 6.07) is 1.60. The van der Waals surface area contributed by atoms with Crippen LogP contribution in [0.5, 0.6) is 0 Å². The number of aromatic carboxylic acids is 1. The maximum atomic E-state index is 10.6. The third-order valence-electron chi connectivity index (χ3n) is 1.55. The number of nitrogens with zero attached hydrogens (tertiary/aromatic N) is 1. The molecule has 1 rings (SSSR count). The third kappa shape index (κ3) is 2.71. The molecule has 1 heterocycles. The number of hydrogen-bond donors (Lipinski definition) is 1. The van der Waals surface area contributed by atoms with Gasteiger partial charge in [-0.2, -0.15) is 0 Å². The van der Waals surface area contributed by atoms with Crippen LogP contribution in [-0.2, 0) is 0 Å². The lowest BCUT2D eigenvalue weighted by molar-refractivity contribution is 0.0696. The zero-order chi connectivity index (χ0) is 9.68. The Balaban J connectivity index is 2.92. The summed E-state index contributed by atoms with van der Waals surface area (Å²) in [4.78, 5) is 14.4. The molecule has 13 heavy (non-hydrogen) atoms. The molecule has 0 amide bonds. The minimum Gasteiger partial charge on any atom is -0.478 e. The number of aromatic nitrogens is 1. The molecule has 0 aliphatic carbocycles. The number of hydrogen-bond acceptors (Lipinski definition) is 2. The molecule has 0 aromatic carbocycles. The minimum atomic E-state index is -0.945. The Kier molecular flexibility index (Phi) is 3.20. The van der Waals surface area contributed by atoms with Crippen molar-refractivity contribution < 1.29 is 9.90 Å². The van der Waals surface area contributed by atoms with Gasteiger partial charge in [0.1, 0.15) is 0 Å². The van der Waals surface area contributed by atoms with E-state index < -0.39 is 5.97 Å². The topological polar surface area (TPSA) is 50.2 Å². The average Bonchev–Trinajstić information content (AvgIpc) is 2.15. The van der Waals surface area contributed by atoms with E-state index in [-0.39, 0.29) is 5.56 Å². The number of carboxylic acids is 1. The molecule has 0 bridgehead atoms. The molecule has 1 N–H and O–H groups in total. The summed E-state index contributed by atoms with van der Waals surface area (Å²) in [6.07, 6.45) is 7.73. The van der Waals surface area contributed by atoms with Crippen LogP contribution >= 0.6 is 0 Å². The maximum Gasteiger partial charge on any atom is 0.337 e. The van der Waals surface area contributed by atoms with Gasteiger partial charge in [0, 0.05) is 12.4 Å². The van der Waals surface area contributed by atoms with E-state index in [0.717, 1.165) is 12.0 Å². The fourth-order valence-electron chi connectivity index (χ4n) is 0.920. The Morgan fingerprint density at radius 2 is 2.38 bits per heavy atom. The van der Waals surface area contributed by atoms with Gasteiger partial charge in [-0.1, -0.05) is 19.1 Å². The predicted molar refractivity (Wildman–Crippen MR) is 50.5 cm³/mol. The number of carboxylic acid groups (broad SMARTS) is 1. The van der Waals surface area contributed by atoms with Crippen LogP contribution in [0.2, 0.25) is 0 Å². The summed E-state index contributed by atoms with van der Waals surface area (Å²) in [6.45, 7) is 2.02. The first kappa shape index (κ1) is 9.45. The van der Waals surface area contributed by atoms with E-state index >= 15 is 0 Å². The van der Waals surface area contributed by atoms with E-state index in [2.05, 4.69) is 4.98 Å². The molecular formula is C10H11NO2. The van der Waals surface area contributed by atoms with E-state index in [0.29, 0.717) is 0 Å². The number of rotatable bonds is 3. The molecule has 0 saturated heterocycles. The van der Waals surface area contributed by atoms with Crippen molar-refractivity contribution in [2.75, 3.05) is 0 Å². The fraction of sp³-hybridized carbons (Fsp3) is 0.200. The molecule has 1 aromatic heterocycles. The monoisotopic (exact) mass is 177 g/mol. The Morgan fingerprint density at radius 1 is 1.62 bits per heavy atom. The SMILES string of the molecule is CCC=Cc1cncc(C(=O)O)c1. The summed E-state index contributed by atoms with van der Waals surface area (Å²) in [5.41, 5.74) is 1.04. The number of carbonyl (C=O) groups is 1. The van der Waals surface area contributed by atoms with Crippen molar-refractivity contribution in [1.29, 1.82) is 0 Å². The zero-order valence-electron chi connectivity index (χ0n) is 7.40. The lowest BCUT2D eigenvalue weighted by atomic mass is 10.2. The molecule has 0 saturated carbocycles. The van der Waals surface area contributed by atoms with Crippen LogP contribution in [0.4, 0.5) is 0 Å². The number of pyridine rings is 1. The first-order chi connectivity index (χ1) is 6.24. The molecule has 0 unspecified atom stereocenters. The molecule has 3 nitrogen and oxygen atoms in total. The van der Waals surface area contributed by atoms with Crippen LogP contribution < -0.4 is 0 Å². The van der Waals surface area contributed by atoms with E-state index in [1.54, 1.807) is 12.3 Å². The van der Waals surface area contributed by atoms with Crippen molar-refractivity contribution in [2.24, 2.45) is 0 Å². The molecule has 0 spiro atoms. The lowest BCUT2D eigenvalue weighted by Gasteiger charge is -1.95. The zero-order valence-corrected chi connectivity index (χ0v) is 7.40. The van der Waals surface area contributed by atoms with Gasteiger partial charge in [0.2, 0.25) is 0 Å². The van der Waals surface area contributed by atoms with Gasteiger partial charge in [-0.15, -0.1) is 0 Å². The van der Waals surface area contributed by atoms with Crippen molar-refractivity contribution in [1.82, 2.24) is 4.98 Å². The van der Waals surface area contributed by atoms with Crippen LogP contribution in [-0.4, -0.2) is 16.1 Å². The van der Waals surface area contributed by atoms with Crippen molar-refractivity contribution in [3.05, 3.63) is 35.7 Å².